The smallest absolute Gasteiger partial charge is 0.322 e. The van der Waals surface area contributed by atoms with Gasteiger partial charge in [0.1, 0.15) is 0 Å². The van der Waals surface area contributed by atoms with Gasteiger partial charge in [0.25, 0.3) is 5.91 Å². The minimum atomic E-state index is -4.38. The highest BCUT2D eigenvalue weighted by molar-refractivity contribution is 7.89. The molecular weight excluding hydrogens is 527 g/mol. The van der Waals surface area contributed by atoms with E-state index in [1.807, 2.05) is 0 Å². The van der Waals surface area contributed by atoms with Gasteiger partial charge in [-0.05, 0) is 79.5 Å². The number of halogens is 4. The maximum absolute atomic E-state index is 13.1. The number of nitrogens with one attached hydrogen (secondary N) is 2. The number of hydrogen-bond donors (Lipinski definition) is 2. The SMILES string of the molecule is O=C(Nc1ccc(S(=O)(=O)N2CCC(NCCc3cccc(C(F)(F)F)c3)C2)cc1)c1ccc(Cl)cc1. The van der Waals surface area contributed by atoms with Crippen molar-refractivity contribution in [3.63, 3.8) is 0 Å². The molecule has 1 aliphatic heterocycles. The highest BCUT2D eigenvalue weighted by atomic mass is 35.5. The third-order valence-corrected chi connectivity index (χ3v) is 8.24. The minimum absolute atomic E-state index is 0.0986. The molecule has 0 spiro atoms. The van der Waals surface area contributed by atoms with Crippen molar-refractivity contribution >= 4 is 33.2 Å². The second kappa shape index (κ2) is 11.2. The van der Waals surface area contributed by atoms with Crippen LogP contribution < -0.4 is 10.6 Å². The van der Waals surface area contributed by atoms with E-state index in [9.17, 15) is 26.4 Å². The summed E-state index contributed by atoms with van der Waals surface area (Å²) in [5.74, 6) is -0.342. The Morgan fingerprint density at radius 2 is 1.73 bits per heavy atom. The number of benzene rings is 3. The first kappa shape index (κ1) is 27.1. The van der Waals surface area contributed by atoms with Gasteiger partial charge in [0, 0.05) is 35.4 Å². The number of amides is 1. The summed E-state index contributed by atoms with van der Waals surface area (Å²) in [6.07, 6.45) is -3.39. The maximum Gasteiger partial charge on any atom is 0.416 e. The lowest BCUT2D eigenvalue weighted by Crippen LogP contribution is -2.36. The molecule has 3 aromatic rings. The second-order valence-corrected chi connectivity index (χ2v) is 11.1. The zero-order chi connectivity index (χ0) is 26.6. The van der Waals surface area contributed by atoms with Crippen molar-refractivity contribution in [1.82, 2.24) is 9.62 Å². The van der Waals surface area contributed by atoms with Crippen LogP contribution >= 0.6 is 11.6 Å². The molecule has 0 aromatic heterocycles. The third kappa shape index (κ3) is 6.89. The van der Waals surface area contributed by atoms with E-state index in [4.69, 9.17) is 11.6 Å². The van der Waals surface area contributed by atoms with Crippen molar-refractivity contribution < 1.29 is 26.4 Å². The predicted octanol–water partition coefficient (Wildman–Crippen LogP) is 5.21. The zero-order valence-electron chi connectivity index (χ0n) is 19.6. The van der Waals surface area contributed by atoms with Gasteiger partial charge in [0.2, 0.25) is 10.0 Å². The monoisotopic (exact) mass is 551 g/mol. The van der Waals surface area contributed by atoms with E-state index >= 15 is 0 Å². The predicted molar refractivity (Wildman–Crippen MR) is 136 cm³/mol. The molecule has 0 bridgehead atoms. The summed E-state index contributed by atoms with van der Waals surface area (Å²) in [7, 11) is -3.73. The van der Waals surface area contributed by atoms with Crippen LogP contribution in [0.15, 0.2) is 77.7 Å². The fourth-order valence-corrected chi connectivity index (χ4v) is 5.73. The Kier molecular flexibility index (Phi) is 8.23. The first-order chi connectivity index (χ1) is 17.5. The Balaban J connectivity index is 1.30. The molecule has 0 radical (unpaired) electrons. The summed E-state index contributed by atoms with van der Waals surface area (Å²) in [5.41, 5.74) is 0.756. The molecule has 1 amide bonds. The van der Waals surface area contributed by atoms with Crippen LogP contribution in [-0.4, -0.2) is 44.3 Å². The molecule has 1 heterocycles. The molecule has 6 nitrogen and oxygen atoms in total. The third-order valence-electron chi connectivity index (χ3n) is 6.11. The van der Waals surface area contributed by atoms with E-state index in [1.54, 1.807) is 30.3 Å². The number of carbonyl (C=O) groups is 1. The van der Waals surface area contributed by atoms with Crippen molar-refractivity contribution in [1.29, 1.82) is 0 Å². The first-order valence-corrected chi connectivity index (χ1v) is 13.4. The highest BCUT2D eigenvalue weighted by Gasteiger charge is 2.32. The van der Waals surface area contributed by atoms with Crippen molar-refractivity contribution in [3.8, 4) is 0 Å². The molecule has 0 aliphatic carbocycles. The molecule has 11 heteroatoms. The van der Waals surface area contributed by atoms with E-state index in [0.29, 0.717) is 47.8 Å². The van der Waals surface area contributed by atoms with Crippen LogP contribution in [0.25, 0.3) is 0 Å². The topological polar surface area (TPSA) is 78.5 Å². The van der Waals surface area contributed by atoms with Crippen molar-refractivity contribution in [2.75, 3.05) is 25.0 Å². The van der Waals surface area contributed by atoms with Gasteiger partial charge in [-0.3, -0.25) is 4.79 Å². The molecule has 1 unspecified atom stereocenters. The van der Waals surface area contributed by atoms with E-state index in [2.05, 4.69) is 10.6 Å². The highest BCUT2D eigenvalue weighted by Crippen LogP contribution is 2.29. The van der Waals surface area contributed by atoms with Crippen molar-refractivity contribution in [2.45, 2.75) is 30.0 Å². The fraction of sp³-hybridized carbons (Fsp3) is 0.269. The molecule has 1 aliphatic rings. The van der Waals surface area contributed by atoms with Gasteiger partial charge < -0.3 is 10.6 Å². The standard InChI is InChI=1S/C26H25ClF3N3O3S/c27-21-6-4-19(5-7-21)25(34)32-22-8-10-24(11-9-22)37(35,36)33-15-13-23(17-33)31-14-12-18-2-1-3-20(16-18)26(28,29)30/h1-11,16,23,31H,12-15,17H2,(H,32,34). The molecule has 1 atom stereocenters. The number of nitrogens with zero attached hydrogens (tertiary/aromatic N) is 1. The van der Waals surface area contributed by atoms with Gasteiger partial charge >= 0.3 is 6.18 Å². The summed E-state index contributed by atoms with van der Waals surface area (Å²) >= 11 is 5.84. The lowest BCUT2D eigenvalue weighted by molar-refractivity contribution is -0.137. The minimum Gasteiger partial charge on any atom is -0.322 e. The Labute approximate surface area is 218 Å². The van der Waals surface area contributed by atoms with E-state index < -0.39 is 21.8 Å². The van der Waals surface area contributed by atoms with E-state index in [0.717, 1.165) is 12.1 Å². The van der Waals surface area contributed by atoms with Crippen LogP contribution in [0.5, 0.6) is 0 Å². The van der Waals surface area contributed by atoms with E-state index in [-0.39, 0.29) is 23.4 Å². The number of alkyl halides is 3. The van der Waals surface area contributed by atoms with Crippen LogP contribution in [0.2, 0.25) is 5.02 Å². The van der Waals surface area contributed by atoms with Gasteiger partial charge in [-0.2, -0.15) is 17.5 Å². The Hall–Kier alpha value is -2.92. The molecule has 1 saturated heterocycles. The van der Waals surface area contributed by atoms with Crippen LogP contribution in [0.1, 0.15) is 27.9 Å². The van der Waals surface area contributed by atoms with Gasteiger partial charge in [-0.15, -0.1) is 0 Å². The number of anilines is 1. The second-order valence-electron chi connectivity index (χ2n) is 8.74. The molecule has 0 saturated carbocycles. The molecule has 4 rings (SSSR count). The summed E-state index contributed by atoms with van der Waals surface area (Å²) in [6.45, 7) is 1.03. The molecule has 2 N–H and O–H groups in total. The first-order valence-electron chi connectivity index (χ1n) is 11.6. The zero-order valence-corrected chi connectivity index (χ0v) is 21.2. The number of hydrogen-bond acceptors (Lipinski definition) is 4. The summed E-state index contributed by atoms with van der Waals surface area (Å²) in [5, 5.41) is 6.48. The number of rotatable bonds is 8. The van der Waals surface area contributed by atoms with E-state index in [1.165, 1.54) is 34.6 Å². The molecule has 196 valence electrons. The largest absolute Gasteiger partial charge is 0.416 e. The Bertz CT molecular complexity index is 1350. The number of carbonyl (C=O) groups excluding carboxylic acids is 1. The maximum atomic E-state index is 13.1. The molecule has 37 heavy (non-hydrogen) atoms. The Morgan fingerprint density at radius 1 is 1.03 bits per heavy atom. The average molecular weight is 552 g/mol. The Morgan fingerprint density at radius 3 is 2.41 bits per heavy atom. The summed E-state index contributed by atoms with van der Waals surface area (Å²) in [6, 6.07) is 17.4. The average Bonchev–Trinajstić information content (AvgIpc) is 3.34. The summed E-state index contributed by atoms with van der Waals surface area (Å²) < 4.78 is 66.2. The van der Waals surface area contributed by atoms with Crippen molar-refractivity contribution in [2.24, 2.45) is 0 Å². The van der Waals surface area contributed by atoms with Gasteiger partial charge in [-0.1, -0.05) is 29.8 Å². The van der Waals surface area contributed by atoms with Crippen molar-refractivity contribution in [3.05, 3.63) is 94.5 Å². The fourth-order valence-electron chi connectivity index (χ4n) is 4.10. The molecular formula is C26H25ClF3N3O3S. The lowest BCUT2D eigenvalue weighted by atomic mass is 10.1. The van der Waals surface area contributed by atoms with Crippen LogP contribution in [0.3, 0.4) is 0 Å². The molecule has 3 aromatic carbocycles. The normalized spacial score (nSPS) is 16.6. The van der Waals surface area contributed by atoms with Gasteiger partial charge in [-0.25, -0.2) is 8.42 Å². The number of sulfonamides is 1. The van der Waals surface area contributed by atoms with Crippen LogP contribution in [0.4, 0.5) is 18.9 Å². The molecule has 1 fully saturated rings. The lowest BCUT2D eigenvalue weighted by Gasteiger charge is -2.18. The van der Waals surface area contributed by atoms with Crippen LogP contribution in [-0.2, 0) is 22.6 Å². The quantitative estimate of drug-likeness (QED) is 0.403. The summed E-state index contributed by atoms with van der Waals surface area (Å²) in [4.78, 5) is 12.5. The van der Waals surface area contributed by atoms with Gasteiger partial charge in [0.15, 0.2) is 0 Å². The van der Waals surface area contributed by atoms with Crippen LogP contribution in [0, 0.1) is 0 Å². The van der Waals surface area contributed by atoms with Gasteiger partial charge in [0.05, 0.1) is 10.5 Å².